The maximum Gasteiger partial charge on any atom is 0.275 e. The fourth-order valence-corrected chi connectivity index (χ4v) is 2.24. The van der Waals surface area contributed by atoms with Gasteiger partial charge in [-0.05, 0) is 30.3 Å². The first-order valence-electron chi connectivity index (χ1n) is 6.81. The second-order valence-electron chi connectivity index (χ2n) is 4.85. The first-order chi connectivity index (χ1) is 10.7. The van der Waals surface area contributed by atoms with Gasteiger partial charge in [-0.3, -0.25) is 9.59 Å². The summed E-state index contributed by atoms with van der Waals surface area (Å²) in [5, 5.41) is 5.38. The number of hydrogen-bond donors (Lipinski definition) is 0. The number of carbonyl (C=O) groups excluding carboxylic acids is 1. The Morgan fingerprint density at radius 2 is 1.86 bits per heavy atom. The second-order valence-corrected chi connectivity index (χ2v) is 4.85. The topological polar surface area (TPSA) is 61.2 Å². The van der Waals surface area contributed by atoms with E-state index in [2.05, 4.69) is 5.10 Å². The minimum absolute atomic E-state index is 0.0873. The van der Waals surface area contributed by atoms with Crippen LogP contribution in [0.5, 0.6) is 5.75 Å². The summed E-state index contributed by atoms with van der Waals surface area (Å²) in [5.74, 6) is 0.505. The third kappa shape index (κ3) is 2.61. The summed E-state index contributed by atoms with van der Waals surface area (Å²) in [6.45, 7) is -0.0873. The van der Waals surface area contributed by atoms with Crippen LogP contribution in [0.3, 0.4) is 0 Å². The third-order valence-electron chi connectivity index (χ3n) is 3.47. The lowest BCUT2D eigenvalue weighted by atomic mass is 10.1. The standard InChI is InChI=1S/C17H14N2O3/c1-22-14-8-6-12(7-9-14)16(20)11-19-17(21)15-5-3-2-4-13(15)10-18-19/h2-10H,11H2,1H3. The van der Waals surface area contributed by atoms with Crippen molar-refractivity contribution in [3.63, 3.8) is 0 Å². The number of ketones is 1. The summed E-state index contributed by atoms with van der Waals surface area (Å²) in [4.78, 5) is 24.6. The molecule has 0 aliphatic carbocycles. The van der Waals surface area contributed by atoms with Crippen LogP contribution < -0.4 is 10.3 Å². The smallest absolute Gasteiger partial charge is 0.275 e. The van der Waals surface area contributed by atoms with Crippen molar-refractivity contribution in [2.24, 2.45) is 0 Å². The lowest BCUT2D eigenvalue weighted by molar-refractivity contribution is 0.0966. The quantitative estimate of drug-likeness (QED) is 0.693. The molecule has 0 amide bonds. The second kappa shape index (κ2) is 5.81. The van der Waals surface area contributed by atoms with Gasteiger partial charge in [0.2, 0.25) is 0 Å². The van der Waals surface area contributed by atoms with Crippen LogP contribution in [-0.2, 0) is 6.54 Å². The minimum atomic E-state index is -0.264. The van der Waals surface area contributed by atoms with Gasteiger partial charge in [-0.15, -0.1) is 0 Å². The Kier molecular flexibility index (Phi) is 3.70. The molecule has 0 spiro atoms. The Bertz CT molecular complexity index is 882. The zero-order valence-corrected chi connectivity index (χ0v) is 12.0. The van der Waals surface area contributed by atoms with Crippen LogP contribution in [0.4, 0.5) is 0 Å². The molecule has 0 fully saturated rings. The number of fused-ring (bicyclic) bond motifs is 1. The maximum atomic E-state index is 12.3. The van der Waals surface area contributed by atoms with E-state index in [1.54, 1.807) is 49.7 Å². The molecule has 3 aromatic rings. The maximum absolute atomic E-state index is 12.3. The average Bonchev–Trinajstić information content (AvgIpc) is 2.57. The van der Waals surface area contributed by atoms with Crippen LogP contribution in [0.15, 0.2) is 59.5 Å². The van der Waals surface area contributed by atoms with E-state index in [-0.39, 0.29) is 17.9 Å². The van der Waals surface area contributed by atoms with Gasteiger partial charge in [0.05, 0.1) is 18.7 Å². The van der Waals surface area contributed by atoms with Gasteiger partial charge in [0, 0.05) is 10.9 Å². The molecule has 5 heteroatoms. The van der Waals surface area contributed by atoms with Crippen LogP contribution in [-0.4, -0.2) is 22.7 Å². The third-order valence-corrected chi connectivity index (χ3v) is 3.47. The molecule has 110 valence electrons. The molecule has 0 unspecified atom stereocenters. The van der Waals surface area contributed by atoms with Crippen LogP contribution in [0, 0.1) is 0 Å². The van der Waals surface area contributed by atoms with Crippen molar-refractivity contribution in [2.45, 2.75) is 6.54 Å². The van der Waals surface area contributed by atoms with E-state index < -0.39 is 0 Å². The molecule has 22 heavy (non-hydrogen) atoms. The Morgan fingerprint density at radius 3 is 2.59 bits per heavy atom. The Hall–Kier alpha value is -2.95. The van der Waals surface area contributed by atoms with Crippen molar-refractivity contribution >= 4 is 16.6 Å². The molecule has 1 heterocycles. The zero-order chi connectivity index (χ0) is 15.5. The number of aromatic nitrogens is 2. The molecule has 3 rings (SSSR count). The summed E-state index contributed by atoms with van der Waals surface area (Å²) in [6, 6.07) is 14.0. The Balaban J connectivity index is 1.90. The molecule has 0 bridgehead atoms. The highest BCUT2D eigenvalue weighted by Crippen LogP contribution is 2.12. The molecule has 0 N–H and O–H groups in total. The first-order valence-corrected chi connectivity index (χ1v) is 6.81. The Morgan fingerprint density at radius 1 is 1.14 bits per heavy atom. The van der Waals surface area contributed by atoms with Gasteiger partial charge in [-0.1, -0.05) is 18.2 Å². The molecule has 0 aliphatic rings. The molecule has 0 atom stereocenters. The molecule has 0 radical (unpaired) electrons. The van der Waals surface area contributed by atoms with E-state index in [0.717, 1.165) is 5.39 Å². The van der Waals surface area contributed by atoms with Crippen LogP contribution >= 0.6 is 0 Å². The highest BCUT2D eigenvalue weighted by Gasteiger charge is 2.10. The van der Waals surface area contributed by atoms with E-state index in [9.17, 15) is 9.59 Å². The summed E-state index contributed by atoms with van der Waals surface area (Å²) >= 11 is 0. The van der Waals surface area contributed by atoms with Gasteiger partial charge < -0.3 is 4.74 Å². The zero-order valence-electron chi connectivity index (χ0n) is 12.0. The van der Waals surface area contributed by atoms with E-state index >= 15 is 0 Å². The largest absolute Gasteiger partial charge is 0.497 e. The minimum Gasteiger partial charge on any atom is -0.497 e. The molecule has 5 nitrogen and oxygen atoms in total. The Labute approximate surface area is 126 Å². The number of rotatable bonds is 4. The number of methoxy groups -OCH3 is 1. The predicted octanol–water partition coefficient (Wildman–Crippen LogP) is 2.29. The van der Waals surface area contributed by atoms with Crippen LogP contribution in [0.1, 0.15) is 10.4 Å². The van der Waals surface area contributed by atoms with Gasteiger partial charge >= 0.3 is 0 Å². The summed E-state index contributed by atoms with van der Waals surface area (Å²) in [5.41, 5.74) is 0.252. The number of benzene rings is 2. The molecule has 0 saturated heterocycles. The number of ether oxygens (including phenoxy) is 1. The lowest BCUT2D eigenvalue weighted by Crippen LogP contribution is -2.26. The number of Topliss-reactive ketones (excluding diaryl/α,β-unsaturated/α-hetero) is 1. The van der Waals surface area contributed by atoms with Gasteiger partial charge in [0.15, 0.2) is 5.78 Å². The van der Waals surface area contributed by atoms with Crippen molar-refractivity contribution in [3.05, 3.63) is 70.6 Å². The van der Waals surface area contributed by atoms with E-state index in [4.69, 9.17) is 4.74 Å². The van der Waals surface area contributed by atoms with Crippen molar-refractivity contribution in [2.75, 3.05) is 7.11 Å². The highest BCUT2D eigenvalue weighted by atomic mass is 16.5. The van der Waals surface area contributed by atoms with Gasteiger partial charge in [-0.25, -0.2) is 4.68 Å². The first kappa shape index (κ1) is 14.0. The van der Waals surface area contributed by atoms with E-state index in [0.29, 0.717) is 16.7 Å². The van der Waals surface area contributed by atoms with E-state index in [1.165, 1.54) is 4.68 Å². The molecular formula is C17H14N2O3. The van der Waals surface area contributed by atoms with Crippen molar-refractivity contribution in [1.82, 2.24) is 9.78 Å². The predicted molar refractivity (Wildman–Crippen MR) is 83.3 cm³/mol. The fraction of sp³-hybridized carbons (Fsp3) is 0.118. The normalized spacial score (nSPS) is 10.6. The van der Waals surface area contributed by atoms with Crippen molar-refractivity contribution < 1.29 is 9.53 Å². The lowest BCUT2D eigenvalue weighted by Gasteiger charge is -2.06. The van der Waals surface area contributed by atoms with Crippen LogP contribution in [0.2, 0.25) is 0 Å². The van der Waals surface area contributed by atoms with Crippen molar-refractivity contribution in [3.8, 4) is 5.75 Å². The fourth-order valence-electron chi connectivity index (χ4n) is 2.24. The number of carbonyl (C=O) groups is 1. The summed E-state index contributed by atoms with van der Waals surface area (Å²) < 4.78 is 6.25. The number of nitrogens with zero attached hydrogens (tertiary/aromatic N) is 2. The van der Waals surface area contributed by atoms with Gasteiger partial charge in [0.1, 0.15) is 12.3 Å². The SMILES string of the molecule is COc1ccc(C(=O)Cn2ncc3ccccc3c2=O)cc1. The van der Waals surface area contributed by atoms with Crippen molar-refractivity contribution in [1.29, 1.82) is 0 Å². The molecule has 0 saturated carbocycles. The van der Waals surface area contributed by atoms with E-state index in [1.807, 2.05) is 12.1 Å². The molecular weight excluding hydrogens is 280 g/mol. The van der Waals surface area contributed by atoms with Gasteiger partial charge in [0.25, 0.3) is 5.56 Å². The van der Waals surface area contributed by atoms with Gasteiger partial charge in [-0.2, -0.15) is 5.10 Å². The molecule has 1 aromatic heterocycles. The monoisotopic (exact) mass is 294 g/mol. The summed E-state index contributed by atoms with van der Waals surface area (Å²) in [7, 11) is 1.56. The molecule has 2 aromatic carbocycles. The molecule has 0 aliphatic heterocycles. The summed E-state index contributed by atoms with van der Waals surface area (Å²) in [6.07, 6.45) is 1.60. The van der Waals surface area contributed by atoms with Crippen LogP contribution in [0.25, 0.3) is 10.8 Å². The number of hydrogen-bond acceptors (Lipinski definition) is 4. The average molecular weight is 294 g/mol. The highest BCUT2D eigenvalue weighted by molar-refractivity contribution is 5.96.